The fourth-order valence-corrected chi connectivity index (χ4v) is 4.33. The monoisotopic (exact) mass is 521 g/mol. The minimum atomic E-state index is -0.789. The number of amides is 4. The highest BCUT2D eigenvalue weighted by molar-refractivity contribution is 5.93. The van der Waals surface area contributed by atoms with Crippen molar-refractivity contribution in [2.45, 2.75) is 38.1 Å². The van der Waals surface area contributed by atoms with Crippen molar-refractivity contribution in [2.75, 3.05) is 6.54 Å². The molecule has 2 bridgehead atoms. The number of nitrogens with zero attached hydrogens (tertiary/aromatic N) is 7. The summed E-state index contributed by atoms with van der Waals surface area (Å²) in [6.45, 7) is 0.716. The quantitative estimate of drug-likeness (QED) is 0.320. The highest BCUT2D eigenvalue weighted by Gasteiger charge is 2.48. The molecule has 0 saturated carbocycles. The predicted octanol–water partition coefficient (Wildman–Crippen LogP) is 0.791. The molecule has 3 aromatic rings. The third-order valence-electron chi connectivity index (χ3n) is 6.26. The summed E-state index contributed by atoms with van der Waals surface area (Å²) >= 11 is 0. The minimum Gasteiger partial charge on any atom is -0.309 e. The van der Waals surface area contributed by atoms with Crippen LogP contribution in [-0.2, 0) is 22.8 Å². The van der Waals surface area contributed by atoms with E-state index in [-0.39, 0.29) is 30.7 Å². The molecule has 2 saturated heterocycles. The maximum absolute atomic E-state index is 12.9. The molecule has 196 valence electrons. The molecule has 1 aromatic heterocycles. The van der Waals surface area contributed by atoms with Crippen molar-refractivity contribution in [1.82, 2.24) is 41.0 Å². The highest BCUT2D eigenvalue weighted by atomic mass is 16.7. The van der Waals surface area contributed by atoms with Crippen LogP contribution in [0, 0.1) is 10.1 Å². The van der Waals surface area contributed by atoms with Crippen LogP contribution < -0.4 is 10.9 Å². The Kier molecular flexibility index (Phi) is 6.90. The molecular formula is C23H23N9O6. The number of benzene rings is 2. The van der Waals surface area contributed by atoms with Crippen LogP contribution in [0.5, 0.6) is 0 Å². The summed E-state index contributed by atoms with van der Waals surface area (Å²) < 4.78 is 0. The summed E-state index contributed by atoms with van der Waals surface area (Å²) in [5, 5.41) is 23.5. The van der Waals surface area contributed by atoms with Gasteiger partial charge in [0.2, 0.25) is 0 Å². The van der Waals surface area contributed by atoms with Crippen molar-refractivity contribution in [2.24, 2.45) is 0 Å². The Labute approximate surface area is 215 Å². The van der Waals surface area contributed by atoms with Gasteiger partial charge in [0.1, 0.15) is 12.6 Å². The molecule has 0 spiro atoms. The first kappa shape index (κ1) is 24.8. The number of nitro benzene ring substituents is 1. The Morgan fingerprint density at radius 3 is 2.55 bits per heavy atom. The molecule has 2 N–H and O–H groups in total. The van der Waals surface area contributed by atoms with Crippen molar-refractivity contribution >= 4 is 23.5 Å². The second kappa shape index (κ2) is 10.6. The molecule has 2 fully saturated rings. The van der Waals surface area contributed by atoms with Crippen molar-refractivity contribution in [1.29, 1.82) is 0 Å². The third kappa shape index (κ3) is 5.27. The van der Waals surface area contributed by atoms with Gasteiger partial charge in [-0.15, -0.1) is 10.2 Å². The lowest BCUT2D eigenvalue weighted by Crippen LogP contribution is -2.54. The lowest BCUT2D eigenvalue weighted by Gasteiger charge is -2.29. The van der Waals surface area contributed by atoms with E-state index < -0.39 is 28.8 Å². The molecule has 0 unspecified atom stereocenters. The van der Waals surface area contributed by atoms with Crippen LogP contribution in [0.1, 0.15) is 34.6 Å². The number of tetrazole rings is 1. The van der Waals surface area contributed by atoms with E-state index in [0.29, 0.717) is 24.9 Å². The van der Waals surface area contributed by atoms with Crippen LogP contribution in [0.3, 0.4) is 0 Å². The van der Waals surface area contributed by atoms with Crippen molar-refractivity contribution in [3.8, 4) is 0 Å². The number of nitrogens with one attached hydrogen (secondary N) is 2. The first-order chi connectivity index (χ1) is 18.4. The number of piperidine rings is 1. The summed E-state index contributed by atoms with van der Waals surface area (Å²) in [5.41, 5.74) is 6.12. The fourth-order valence-electron chi connectivity index (χ4n) is 4.33. The SMILES string of the molecule is O=C(NNC(=O)[C@@H]1CC[C@@H]2CN1C(=O)N2OCc1ccccc1)c1nnn(Cc2ccc([N+](=O)[O-])cc2)n1. The Morgan fingerprint density at radius 1 is 1.05 bits per heavy atom. The maximum atomic E-state index is 12.9. The van der Waals surface area contributed by atoms with Gasteiger partial charge in [-0.2, -0.15) is 9.86 Å². The van der Waals surface area contributed by atoms with Crippen LogP contribution in [-0.4, -0.2) is 71.6 Å². The van der Waals surface area contributed by atoms with E-state index in [0.717, 1.165) is 10.4 Å². The van der Waals surface area contributed by atoms with Crippen molar-refractivity contribution in [3.05, 3.63) is 81.7 Å². The smallest absolute Gasteiger partial charge is 0.309 e. The largest absolute Gasteiger partial charge is 0.345 e. The summed E-state index contributed by atoms with van der Waals surface area (Å²) in [6, 6.07) is 13.9. The predicted molar refractivity (Wildman–Crippen MR) is 128 cm³/mol. The third-order valence-corrected chi connectivity index (χ3v) is 6.26. The number of hydrogen-bond acceptors (Lipinski definition) is 9. The van der Waals surface area contributed by atoms with E-state index >= 15 is 0 Å². The lowest BCUT2D eigenvalue weighted by atomic mass is 10.0. The molecule has 2 atom stereocenters. The molecule has 0 radical (unpaired) electrons. The standard InChI is InChI=1S/C23H23N9O6/c33-21(19-11-10-18-13-29(19)23(35)31(18)38-14-16-4-2-1-3-5-16)25-26-22(34)20-24-28-30(27-20)12-15-6-8-17(9-7-15)32(36)37/h1-9,18-19H,10-14H2,(H,25,33)(H,26,34)/t18-,19+/m1/s1. The number of aromatic nitrogens is 4. The number of nitro groups is 1. The Hall–Kier alpha value is -4.92. The van der Waals surface area contributed by atoms with Gasteiger partial charge in [-0.25, -0.2) is 4.79 Å². The molecule has 2 aliphatic heterocycles. The average Bonchev–Trinajstić information content (AvgIpc) is 3.49. The molecule has 15 nitrogen and oxygen atoms in total. The van der Waals surface area contributed by atoms with Gasteiger partial charge >= 0.3 is 11.9 Å². The van der Waals surface area contributed by atoms with Crippen molar-refractivity contribution in [3.63, 3.8) is 0 Å². The number of hydroxylamine groups is 2. The van der Waals surface area contributed by atoms with Gasteiger partial charge in [0.25, 0.3) is 17.4 Å². The number of fused-ring (bicyclic) bond motifs is 2. The maximum Gasteiger partial charge on any atom is 0.345 e. The van der Waals surface area contributed by atoms with Crippen LogP contribution in [0.4, 0.5) is 10.5 Å². The van der Waals surface area contributed by atoms with Crippen LogP contribution >= 0.6 is 0 Å². The highest BCUT2D eigenvalue weighted by Crippen LogP contribution is 2.30. The van der Waals surface area contributed by atoms with Gasteiger partial charge in [0.15, 0.2) is 0 Å². The van der Waals surface area contributed by atoms with E-state index in [2.05, 4.69) is 26.3 Å². The second-order valence-electron chi connectivity index (χ2n) is 8.78. The van der Waals surface area contributed by atoms with Gasteiger partial charge in [0, 0.05) is 18.7 Å². The number of rotatable bonds is 8. The van der Waals surface area contributed by atoms with E-state index in [1.807, 2.05) is 30.3 Å². The van der Waals surface area contributed by atoms with E-state index in [1.165, 1.54) is 22.1 Å². The van der Waals surface area contributed by atoms with E-state index in [1.54, 1.807) is 12.1 Å². The lowest BCUT2D eigenvalue weighted by molar-refractivity contribution is -0.384. The average molecular weight is 521 g/mol. The zero-order valence-electron chi connectivity index (χ0n) is 20.0. The number of carbonyl (C=O) groups is 3. The summed E-state index contributed by atoms with van der Waals surface area (Å²) in [7, 11) is 0. The number of urea groups is 1. The zero-order chi connectivity index (χ0) is 26.6. The van der Waals surface area contributed by atoms with Gasteiger partial charge in [-0.1, -0.05) is 42.5 Å². The normalized spacial score (nSPS) is 18.4. The molecule has 3 heterocycles. The molecule has 2 aromatic carbocycles. The zero-order valence-corrected chi connectivity index (χ0v) is 20.0. The van der Waals surface area contributed by atoms with Gasteiger partial charge < -0.3 is 4.90 Å². The molecule has 38 heavy (non-hydrogen) atoms. The van der Waals surface area contributed by atoms with Crippen LogP contribution in [0.2, 0.25) is 0 Å². The second-order valence-corrected chi connectivity index (χ2v) is 8.78. The Balaban J connectivity index is 1.12. The molecule has 15 heteroatoms. The number of hydrazine groups is 1. The molecule has 2 aliphatic rings. The number of hydrogen-bond donors (Lipinski definition) is 2. The fraction of sp³-hybridized carbons (Fsp3) is 0.304. The van der Waals surface area contributed by atoms with E-state index in [9.17, 15) is 24.5 Å². The Bertz CT molecular complexity index is 1350. The minimum absolute atomic E-state index is 0.0485. The summed E-state index contributed by atoms with van der Waals surface area (Å²) in [5.74, 6) is -1.62. The first-order valence-corrected chi connectivity index (χ1v) is 11.8. The molecule has 0 aliphatic carbocycles. The van der Waals surface area contributed by atoms with E-state index in [4.69, 9.17) is 4.84 Å². The van der Waals surface area contributed by atoms with Crippen LogP contribution in [0.15, 0.2) is 54.6 Å². The van der Waals surface area contributed by atoms with Crippen LogP contribution in [0.25, 0.3) is 0 Å². The van der Waals surface area contributed by atoms with Gasteiger partial charge in [0.05, 0.1) is 17.5 Å². The number of carbonyl (C=O) groups excluding carboxylic acids is 3. The molecular weight excluding hydrogens is 498 g/mol. The summed E-state index contributed by atoms with van der Waals surface area (Å²) in [6.07, 6.45) is 0.981. The van der Waals surface area contributed by atoms with Gasteiger partial charge in [-0.3, -0.25) is 35.4 Å². The topological polar surface area (TPSA) is 178 Å². The first-order valence-electron chi connectivity index (χ1n) is 11.8. The summed E-state index contributed by atoms with van der Waals surface area (Å²) in [4.78, 5) is 56.7. The van der Waals surface area contributed by atoms with Crippen molar-refractivity contribution < 1.29 is 24.1 Å². The Morgan fingerprint density at radius 2 is 1.82 bits per heavy atom. The molecule has 5 rings (SSSR count). The number of non-ortho nitro benzene ring substituents is 1. The molecule has 4 amide bonds. The van der Waals surface area contributed by atoms with Gasteiger partial charge in [-0.05, 0) is 29.2 Å².